The number of aromatic nitrogens is 3. The number of hydrogen-bond donors (Lipinski definition) is 2. The first-order chi connectivity index (χ1) is 9.22. The van der Waals surface area contributed by atoms with Crippen LogP contribution in [-0.4, -0.2) is 21.1 Å². The minimum absolute atomic E-state index is 0.623. The van der Waals surface area contributed by atoms with Gasteiger partial charge in [-0.1, -0.05) is 18.2 Å². The van der Waals surface area contributed by atoms with Crippen molar-refractivity contribution in [2.45, 2.75) is 13.3 Å². The van der Waals surface area contributed by atoms with Gasteiger partial charge in [0.1, 0.15) is 5.82 Å². The summed E-state index contributed by atoms with van der Waals surface area (Å²) in [6, 6.07) is 8.33. The molecule has 0 saturated heterocycles. The lowest BCUT2D eigenvalue weighted by molar-refractivity contribution is 0.782. The topological polar surface area (TPSA) is 59.6 Å². The van der Waals surface area contributed by atoms with E-state index in [1.54, 1.807) is 0 Å². The van der Waals surface area contributed by atoms with Crippen LogP contribution in [0.4, 0.5) is 0 Å². The number of aryl methyl sites for hydroxylation is 1. The number of hydrogen-bond acceptors (Lipinski definition) is 2. The normalized spacial score (nSPS) is 11.3. The highest BCUT2D eigenvalue weighted by molar-refractivity contribution is 5.95. The summed E-state index contributed by atoms with van der Waals surface area (Å²) in [5.74, 6) is 1.04. The Kier molecular flexibility index (Phi) is 2.87. The largest absolute Gasteiger partial charge is 0.360 e. The van der Waals surface area contributed by atoms with E-state index < -0.39 is 0 Å². The van der Waals surface area contributed by atoms with Crippen molar-refractivity contribution >= 4 is 10.9 Å². The molecule has 4 nitrogen and oxygen atoms in total. The number of benzene rings is 1. The van der Waals surface area contributed by atoms with E-state index in [0.717, 1.165) is 23.5 Å². The van der Waals surface area contributed by atoms with E-state index in [4.69, 9.17) is 5.73 Å². The number of rotatable bonds is 3. The van der Waals surface area contributed by atoms with E-state index >= 15 is 0 Å². The molecule has 3 rings (SSSR count). The third-order valence-electron chi connectivity index (χ3n) is 3.57. The fourth-order valence-electron chi connectivity index (χ4n) is 2.69. The van der Waals surface area contributed by atoms with Gasteiger partial charge in [0.25, 0.3) is 0 Å². The van der Waals surface area contributed by atoms with Gasteiger partial charge in [0, 0.05) is 36.1 Å². The maximum atomic E-state index is 5.64. The van der Waals surface area contributed by atoms with Crippen molar-refractivity contribution in [1.29, 1.82) is 0 Å². The van der Waals surface area contributed by atoms with Crippen molar-refractivity contribution in [2.24, 2.45) is 12.8 Å². The molecule has 0 aliphatic rings. The molecule has 2 aromatic heterocycles. The lowest BCUT2D eigenvalue weighted by Crippen LogP contribution is -2.08. The number of H-pyrrole nitrogens is 1. The number of nitrogens with two attached hydrogens (primary N) is 1. The zero-order valence-corrected chi connectivity index (χ0v) is 11.3. The second kappa shape index (κ2) is 4.55. The van der Waals surface area contributed by atoms with Crippen LogP contribution in [0.2, 0.25) is 0 Å². The van der Waals surface area contributed by atoms with Gasteiger partial charge in [-0.3, -0.25) is 0 Å². The van der Waals surface area contributed by atoms with Gasteiger partial charge in [-0.25, -0.2) is 4.98 Å². The summed E-state index contributed by atoms with van der Waals surface area (Å²) in [5.41, 5.74) is 10.2. The molecule has 0 amide bonds. The van der Waals surface area contributed by atoms with E-state index in [2.05, 4.69) is 52.9 Å². The summed E-state index contributed by atoms with van der Waals surface area (Å²) in [7, 11) is 2.06. The Morgan fingerprint density at radius 3 is 2.89 bits per heavy atom. The second-order valence-corrected chi connectivity index (χ2v) is 4.81. The molecule has 0 bridgehead atoms. The van der Waals surface area contributed by atoms with Crippen LogP contribution >= 0.6 is 0 Å². The van der Waals surface area contributed by atoms with Crippen LogP contribution in [0.1, 0.15) is 11.5 Å². The lowest BCUT2D eigenvalue weighted by Gasteiger charge is -2.05. The summed E-state index contributed by atoms with van der Waals surface area (Å²) < 4.78 is 2.15. The molecule has 2 heterocycles. The van der Waals surface area contributed by atoms with E-state index in [1.165, 1.54) is 16.6 Å². The maximum absolute atomic E-state index is 5.64. The number of aromatic amines is 1. The summed E-state index contributed by atoms with van der Waals surface area (Å²) in [5, 5.41) is 1.23. The molecular formula is C15H18N4. The number of nitrogens with zero attached hydrogens (tertiary/aromatic N) is 2. The molecule has 0 saturated carbocycles. The average Bonchev–Trinajstić information content (AvgIpc) is 2.93. The fraction of sp³-hybridized carbons (Fsp3) is 0.267. The van der Waals surface area contributed by atoms with Gasteiger partial charge in [0.2, 0.25) is 0 Å². The molecule has 19 heavy (non-hydrogen) atoms. The van der Waals surface area contributed by atoms with E-state index in [-0.39, 0.29) is 0 Å². The minimum atomic E-state index is 0.623. The van der Waals surface area contributed by atoms with Crippen molar-refractivity contribution < 1.29 is 0 Å². The SMILES string of the molecule is Cc1nc(CCN)n(C)c1-c1c[nH]c2ccccc12. The molecule has 0 spiro atoms. The van der Waals surface area contributed by atoms with Gasteiger partial charge in [0.05, 0.1) is 11.4 Å². The highest BCUT2D eigenvalue weighted by Crippen LogP contribution is 2.31. The molecule has 0 unspecified atom stereocenters. The number of fused-ring (bicyclic) bond motifs is 1. The lowest BCUT2D eigenvalue weighted by atomic mass is 10.1. The molecule has 98 valence electrons. The van der Waals surface area contributed by atoms with Crippen LogP contribution in [0.25, 0.3) is 22.2 Å². The number of imidazole rings is 1. The molecule has 0 atom stereocenters. The molecule has 3 aromatic rings. The van der Waals surface area contributed by atoms with Gasteiger partial charge in [-0.05, 0) is 19.5 Å². The Bertz CT molecular complexity index is 721. The van der Waals surface area contributed by atoms with Gasteiger partial charge in [-0.15, -0.1) is 0 Å². The Morgan fingerprint density at radius 1 is 1.32 bits per heavy atom. The van der Waals surface area contributed by atoms with Crippen LogP contribution in [0.5, 0.6) is 0 Å². The molecule has 3 N–H and O–H groups in total. The third kappa shape index (κ3) is 1.85. The first kappa shape index (κ1) is 12.0. The molecule has 0 fully saturated rings. The zero-order chi connectivity index (χ0) is 13.4. The van der Waals surface area contributed by atoms with Crippen LogP contribution in [0.15, 0.2) is 30.5 Å². The Balaban J connectivity index is 2.21. The standard InChI is InChI=1S/C15H18N4/c1-10-15(19(2)14(18-10)7-8-16)12-9-17-13-6-4-3-5-11(12)13/h3-6,9,17H,7-8,16H2,1-2H3. The summed E-state index contributed by atoms with van der Waals surface area (Å²) in [6.45, 7) is 2.68. The number of para-hydroxylation sites is 1. The smallest absolute Gasteiger partial charge is 0.110 e. The maximum Gasteiger partial charge on any atom is 0.110 e. The molecule has 0 aliphatic carbocycles. The third-order valence-corrected chi connectivity index (χ3v) is 3.57. The first-order valence-corrected chi connectivity index (χ1v) is 6.51. The van der Waals surface area contributed by atoms with Gasteiger partial charge < -0.3 is 15.3 Å². The van der Waals surface area contributed by atoms with Crippen molar-refractivity contribution in [1.82, 2.24) is 14.5 Å². The second-order valence-electron chi connectivity index (χ2n) is 4.81. The Hall–Kier alpha value is -2.07. The molecule has 4 heteroatoms. The average molecular weight is 254 g/mol. The van der Waals surface area contributed by atoms with E-state index in [1.807, 2.05) is 6.07 Å². The summed E-state index contributed by atoms with van der Waals surface area (Å²) in [6.07, 6.45) is 2.86. The van der Waals surface area contributed by atoms with E-state index in [9.17, 15) is 0 Å². The van der Waals surface area contributed by atoms with Gasteiger partial charge in [0.15, 0.2) is 0 Å². The highest BCUT2D eigenvalue weighted by Gasteiger charge is 2.15. The van der Waals surface area contributed by atoms with Crippen LogP contribution < -0.4 is 5.73 Å². The van der Waals surface area contributed by atoms with Crippen LogP contribution in [0, 0.1) is 6.92 Å². The predicted molar refractivity (Wildman–Crippen MR) is 78.0 cm³/mol. The van der Waals surface area contributed by atoms with Crippen molar-refractivity contribution in [3.63, 3.8) is 0 Å². The molecule has 1 aromatic carbocycles. The summed E-state index contributed by atoms with van der Waals surface area (Å²) >= 11 is 0. The zero-order valence-electron chi connectivity index (χ0n) is 11.3. The monoisotopic (exact) mass is 254 g/mol. The van der Waals surface area contributed by atoms with Crippen LogP contribution in [0.3, 0.4) is 0 Å². The number of nitrogens with one attached hydrogen (secondary N) is 1. The van der Waals surface area contributed by atoms with Crippen LogP contribution in [-0.2, 0) is 13.5 Å². The van der Waals surface area contributed by atoms with Crippen molar-refractivity contribution in [3.05, 3.63) is 42.0 Å². The van der Waals surface area contributed by atoms with Gasteiger partial charge >= 0.3 is 0 Å². The summed E-state index contributed by atoms with van der Waals surface area (Å²) in [4.78, 5) is 7.95. The quantitative estimate of drug-likeness (QED) is 0.754. The first-order valence-electron chi connectivity index (χ1n) is 6.51. The Morgan fingerprint density at radius 2 is 2.11 bits per heavy atom. The molecular weight excluding hydrogens is 236 g/mol. The molecule has 0 radical (unpaired) electrons. The van der Waals surface area contributed by atoms with E-state index in [0.29, 0.717) is 6.54 Å². The van der Waals surface area contributed by atoms with Crippen molar-refractivity contribution in [2.75, 3.05) is 6.54 Å². The highest BCUT2D eigenvalue weighted by atomic mass is 15.1. The Labute approximate surface area is 112 Å². The minimum Gasteiger partial charge on any atom is -0.360 e. The fourth-order valence-corrected chi connectivity index (χ4v) is 2.69. The van der Waals surface area contributed by atoms with Gasteiger partial charge in [-0.2, -0.15) is 0 Å². The molecule has 0 aliphatic heterocycles. The van der Waals surface area contributed by atoms with Crippen molar-refractivity contribution in [3.8, 4) is 11.3 Å². The predicted octanol–water partition coefficient (Wildman–Crippen LogP) is 2.38.